The number of unbranched alkanes of at least 4 members (excludes halogenated alkanes) is 1. The monoisotopic (exact) mass is 413 g/mol. The lowest BCUT2D eigenvalue weighted by Crippen LogP contribution is -2.22. The summed E-state index contributed by atoms with van der Waals surface area (Å²) in [5, 5.41) is 3.56. The second-order valence-corrected chi connectivity index (χ2v) is 7.71. The number of benzene rings is 1. The number of thiophene rings is 1. The highest BCUT2D eigenvalue weighted by Gasteiger charge is 1.98. The molecule has 0 atom stereocenters. The molecule has 1 amide bonds. The normalized spacial score (nSPS) is 10.9. The third-order valence-electron chi connectivity index (χ3n) is 2.95. The molecule has 1 N–H and O–H groups in total. The Labute approximate surface area is 153 Å². The van der Waals surface area contributed by atoms with E-state index in [0.29, 0.717) is 18.2 Å². The summed E-state index contributed by atoms with van der Waals surface area (Å²) in [5.74, 6) is 0.733. The van der Waals surface area contributed by atoms with Crippen molar-refractivity contribution in [3.8, 4) is 5.75 Å². The predicted octanol–water partition coefficient (Wildman–Crippen LogP) is 5.15. The SMILES string of the molecule is O=C(/C=C/c1ccc(Br)s1)NCCCCOc1ccc(Cl)cc1. The van der Waals surface area contributed by atoms with E-state index in [9.17, 15) is 4.79 Å². The van der Waals surface area contributed by atoms with Crippen molar-refractivity contribution in [3.05, 3.63) is 56.2 Å². The first-order chi connectivity index (χ1) is 11.1. The Hall–Kier alpha value is -1.30. The topological polar surface area (TPSA) is 38.3 Å². The summed E-state index contributed by atoms with van der Waals surface area (Å²) >= 11 is 10.8. The summed E-state index contributed by atoms with van der Waals surface area (Å²) in [6.45, 7) is 1.26. The summed E-state index contributed by atoms with van der Waals surface area (Å²) < 4.78 is 6.64. The van der Waals surface area contributed by atoms with Crippen molar-refractivity contribution in [3.63, 3.8) is 0 Å². The van der Waals surface area contributed by atoms with Gasteiger partial charge in [-0.3, -0.25) is 4.79 Å². The largest absolute Gasteiger partial charge is 0.494 e. The van der Waals surface area contributed by atoms with Crippen molar-refractivity contribution >= 4 is 50.9 Å². The number of hydrogen-bond acceptors (Lipinski definition) is 3. The van der Waals surface area contributed by atoms with Crippen LogP contribution in [0.4, 0.5) is 0 Å². The molecular weight excluding hydrogens is 398 g/mol. The third-order valence-corrected chi connectivity index (χ3v) is 4.79. The van der Waals surface area contributed by atoms with Gasteiger partial charge in [0.25, 0.3) is 0 Å². The first kappa shape index (κ1) is 18.0. The maximum Gasteiger partial charge on any atom is 0.244 e. The molecule has 122 valence electrons. The molecule has 1 heterocycles. The van der Waals surface area contributed by atoms with E-state index in [2.05, 4.69) is 21.2 Å². The van der Waals surface area contributed by atoms with E-state index in [4.69, 9.17) is 16.3 Å². The number of nitrogens with one attached hydrogen (secondary N) is 1. The van der Waals surface area contributed by atoms with Crippen LogP contribution < -0.4 is 10.1 Å². The number of ether oxygens (including phenoxy) is 1. The third kappa shape index (κ3) is 7.20. The minimum Gasteiger partial charge on any atom is -0.494 e. The fourth-order valence-corrected chi connectivity index (χ4v) is 3.25. The molecule has 3 nitrogen and oxygen atoms in total. The van der Waals surface area contributed by atoms with Crippen molar-refractivity contribution in [2.75, 3.05) is 13.2 Å². The van der Waals surface area contributed by atoms with Crippen molar-refractivity contribution in [1.29, 1.82) is 0 Å². The van der Waals surface area contributed by atoms with Gasteiger partial charge in [0.15, 0.2) is 0 Å². The molecule has 0 saturated heterocycles. The van der Waals surface area contributed by atoms with E-state index in [1.807, 2.05) is 30.3 Å². The molecule has 0 fully saturated rings. The van der Waals surface area contributed by atoms with Crippen LogP contribution in [-0.2, 0) is 4.79 Å². The number of carbonyl (C=O) groups excluding carboxylic acids is 1. The lowest BCUT2D eigenvalue weighted by Gasteiger charge is -2.06. The molecule has 0 aliphatic rings. The van der Waals surface area contributed by atoms with Crippen LogP contribution in [0.15, 0.2) is 46.3 Å². The molecule has 0 unspecified atom stereocenters. The van der Waals surface area contributed by atoms with E-state index >= 15 is 0 Å². The van der Waals surface area contributed by atoms with Gasteiger partial charge in [-0.2, -0.15) is 0 Å². The van der Waals surface area contributed by atoms with Gasteiger partial charge >= 0.3 is 0 Å². The van der Waals surface area contributed by atoms with Gasteiger partial charge in [-0.25, -0.2) is 0 Å². The van der Waals surface area contributed by atoms with E-state index < -0.39 is 0 Å². The molecule has 0 aliphatic carbocycles. The van der Waals surface area contributed by atoms with Crippen LogP contribution in [0, 0.1) is 0 Å². The molecule has 23 heavy (non-hydrogen) atoms. The zero-order valence-electron chi connectivity index (χ0n) is 12.4. The minimum atomic E-state index is -0.0758. The van der Waals surface area contributed by atoms with Crippen molar-refractivity contribution in [2.24, 2.45) is 0 Å². The zero-order valence-corrected chi connectivity index (χ0v) is 15.6. The molecule has 2 rings (SSSR count). The Morgan fingerprint density at radius 3 is 2.70 bits per heavy atom. The zero-order chi connectivity index (χ0) is 16.5. The molecule has 1 aromatic heterocycles. The van der Waals surface area contributed by atoms with Gasteiger partial charge in [-0.15, -0.1) is 11.3 Å². The lowest BCUT2D eigenvalue weighted by molar-refractivity contribution is -0.116. The highest BCUT2D eigenvalue weighted by molar-refractivity contribution is 9.11. The summed E-state index contributed by atoms with van der Waals surface area (Å²) in [7, 11) is 0. The number of hydrogen-bond donors (Lipinski definition) is 1. The summed E-state index contributed by atoms with van der Waals surface area (Å²) in [4.78, 5) is 12.7. The Balaban J connectivity index is 1.55. The maximum absolute atomic E-state index is 11.7. The smallest absolute Gasteiger partial charge is 0.244 e. The maximum atomic E-state index is 11.7. The minimum absolute atomic E-state index is 0.0758. The summed E-state index contributed by atoms with van der Waals surface area (Å²) in [5.41, 5.74) is 0. The Kier molecular flexibility index (Phi) is 7.65. The average molecular weight is 415 g/mol. The van der Waals surface area contributed by atoms with Gasteiger partial charge in [0.05, 0.1) is 10.4 Å². The van der Waals surface area contributed by atoms with Crippen LogP contribution in [0.5, 0.6) is 5.75 Å². The number of rotatable bonds is 8. The highest BCUT2D eigenvalue weighted by Crippen LogP contribution is 2.22. The molecule has 0 aliphatic heterocycles. The molecule has 1 aromatic carbocycles. The molecule has 0 spiro atoms. The van der Waals surface area contributed by atoms with Crippen molar-refractivity contribution < 1.29 is 9.53 Å². The van der Waals surface area contributed by atoms with Gasteiger partial charge in [0.2, 0.25) is 5.91 Å². The van der Waals surface area contributed by atoms with Crippen molar-refractivity contribution in [2.45, 2.75) is 12.8 Å². The van der Waals surface area contributed by atoms with Crippen LogP contribution >= 0.6 is 38.9 Å². The Morgan fingerprint density at radius 1 is 1.22 bits per heavy atom. The summed E-state index contributed by atoms with van der Waals surface area (Å²) in [6, 6.07) is 11.2. The van der Waals surface area contributed by atoms with E-state index in [1.165, 1.54) is 0 Å². The molecule has 0 bridgehead atoms. The van der Waals surface area contributed by atoms with Gasteiger partial charge in [-0.1, -0.05) is 11.6 Å². The van der Waals surface area contributed by atoms with Gasteiger partial charge in [0.1, 0.15) is 5.75 Å². The second-order valence-electron chi connectivity index (χ2n) is 4.78. The molecule has 0 radical (unpaired) electrons. The molecule has 0 saturated carbocycles. The fourth-order valence-electron chi connectivity index (χ4n) is 1.79. The van der Waals surface area contributed by atoms with Gasteiger partial charge in [0, 0.05) is 22.5 Å². The van der Waals surface area contributed by atoms with Crippen LogP contribution in [-0.4, -0.2) is 19.1 Å². The van der Waals surface area contributed by atoms with Crippen LogP contribution in [0.25, 0.3) is 6.08 Å². The highest BCUT2D eigenvalue weighted by atomic mass is 79.9. The van der Waals surface area contributed by atoms with Crippen LogP contribution in [0.3, 0.4) is 0 Å². The number of halogens is 2. The number of carbonyl (C=O) groups is 1. The summed E-state index contributed by atoms with van der Waals surface area (Å²) in [6.07, 6.45) is 5.12. The van der Waals surface area contributed by atoms with Crippen LogP contribution in [0.2, 0.25) is 5.02 Å². The lowest BCUT2D eigenvalue weighted by atomic mass is 10.3. The van der Waals surface area contributed by atoms with Gasteiger partial charge in [-0.05, 0) is 71.2 Å². The van der Waals surface area contributed by atoms with E-state index in [-0.39, 0.29) is 5.91 Å². The van der Waals surface area contributed by atoms with E-state index in [1.54, 1.807) is 29.5 Å². The average Bonchev–Trinajstić information content (AvgIpc) is 2.96. The predicted molar refractivity (Wildman–Crippen MR) is 100 cm³/mol. The molecule has 6 heteroatoms. The fraction of sp³-hybridized carbons (Fsp3) is 0.235. The second kappa shape index (κ2) is 9.75. The first-order valence-electron chi connectivity index (χ1n) is 7.23. The Morgan fingerprint density at radius 2 is 2.00 bits per heavy atom. The van der Waals surface area contributed by atoms with Crippen LogP contribution in [0.1, 0.15) is 17.7 Å². The van der Waals surface area contributed by atoms with Gasteiger partial charge < -0.3 is 10.1 Å². The van der Waals surface area contributed by atoms with E-state index in [0.717, 1.165) is 27.3 Å². The molecular formula is C17H17BrClNO2S. The quantitative estimate of drug-likeness (QED) is 0.479. The standard InChI is InChI=1S/C17H17BrClNO2S/c18-16-9-7-15(23-16)8-10-17(21)20-11-1-2-12-22-14-5-3-13(19)4-6-14/h3-10H,1-2,11-12H2,(H,20,21)/b10-8+. The molecule has 2 aromatic rings. The van der Waals surface area contributed by atoms with Crippen molar-refractivity contribution in [1.82, 2.24) is 5.32 Å². The Bertz CT molecular complexity index is 655. The first-order valence-corrected chi connectivity index (χ1v) is 9.22. The number of amides is 1.